The normalized spacial score (nSPS) is 17.8. The van der Waals surface area contributed by atoms with Crippen molar-refractivity contribution in [1.29, 1.82) is 0 Å². The van der Waals surface area contributed by atoms with E-state index >= 15 is 0 Å². The van der Waals surface area contributed by atoms with Crippen molar-refractivity contribution >= 4 is 17.4 Å². The molecular formula is C27H32FNO5. The predicted octanol–water partition coefficient (Wildman–Crippen LogP) is 5.16. The van der Waals surface area contributed by atoms with Crippen LogP contribution in [0.25, 0.3) is 5.76 Å². The number of hydrogen-bond acceptors (Lipinski definition) is 5. The highest BCUT2D eigenvalue weighted by atomic mass is 19.1. The highest BCUT2D eigenvalue weighted by molar-refractivity contribution is 6.46. The molecule has 2 aromatic carbocycles. The van der Waals surface area contributed by atoms with Crippen molar-refractivity contribution in [2.75, 3.05) is 13.2 Å². The van der Waals surface area contributed by atoms with Gasteiger partial charge in [0.25, 0.3) is 11.7 Å². The first-order valence-corrected chi connectivity index (χ1v) is 11.5. The molecule has 0 bridgehead atoms. The van der Waals surface area contributed by atoms with Gasteiger partial charge in [-0.3, -0.25) is 9.59 Å². The molecule has 34 heavy (non-hydrogen) atoms. The number of aryl methyl sites for hydroxylation is 1. The van der Waals surface area contributed by atoms with Crippen molar-refractivity contribution < 1.29 is 28.6 Å². The molecule has 0 aromatic heterocycles. The highest BCUT2D eigenvalue weighted by Gasteiger charge is 2.45. The zero-order valence-corrected chi connectivity index (χ0v) is 20.3. The van der Waals surface area contributed by atoms with Gasteiger partial charge in [0, 0.05) is 18.7 Å². The first-order valence-electron chi connectivity index (χ1n) is 11.5. The number of aliphatic hydroxyl groups is 1. The second-order valence-corrected chi connectivity index (χ2v) is 8.96. The van der Waals surface area contributed by atoms with Crippen LogP contribution in [0.5, 0.6) is 5.75 Å². The molecule has 1 N–H and O–H groups in total. The molecule has 1 aliphatic heterocycles. The molecule has 1 unspecified atom stereocenters. The molecule has 3 rings (SSSR count). The van der Waals surface area contributed by atoms with Gasteiger partial charge in [0.2, 0.25) is 0 Å². The number of amides is 1. The van der Waals surface area contributed by atoms with Gasteiger partial charge in [-0.15, -0.1) is 0 Å². The fourth-order valence-corrected chi connectivity index (χ4v) is 3.99. The molecule has 1 saturated heterocycles. The molecule has 0 aliphatic carbocycles. The number of rotatable bonds is 9. The van der Waals surface area contributed by atoms with Crippen LogP contribution in [0, 0.1) is 12.7 Å². The molecule has 182 valence electrons. The van der Waals surface area contributed by atoms with Crippen LogP contribution in [0.3, 0.4) is 0 Å². The molecule has 6 nitrogen and oxygen atoms in total. The number of aliphatic hydroxyl groups excluding tert-OH is 1. The number of benzene rings is 2. The summed E-state index contributed by atoms with van der Waals surface area (Å²) in [4.78, 5) is 27.5. The second kappa shape index (κ2) is 10.8. The summed E-state index contributed by atoms with van der Waals surface area (Å²) in [7, 11) is 0. The molecule has 1 heterocycles. The molecule has 7 heteroatoms. The van der Waals surface area contributed by atoms with E-state index in [2.05, 4.69) is 0 Å². The molecule has 1 aliphatic rings. The van der Waals surface area contributed by atoms with Crippen molar-refractivity contribution in [2.24, 2.45) is 0 Å². The number of ketones is 1. The SMILES string of the molecule is Cc1cc(/C(O)=C2/C(=O)C(=O)N(CCCOC(C)C)C2c2ccc(F)cc2)ccc1OC(C)C. The van der Waals surface area contributed by atoms with Crippen LogP contribution in [-0.4, -0.2) is 47.1 Å². The lowest BCUT2D eigenvalue weighted by Crippen LogP contribution is -2.31. The Bertz CT molecular complexity index is 1070. The van der Waals surface area contributed by atoms with Gasteiger partial charge in [-0.05, 0) is 82.5 Å². The quantitative estimate of drug-likeness (QED) is 0.238. The maximum absolute atomic E-state index is 13.6. The summed E-state index contributed by atoms with van der Waals surface area (Å²) in [5, 5.41) is 11.2. The molecule has 1 atom stereocenters. The van der Waals surface area contributed by atoms with Gasteiger partial charge in [-0.2, -0.15) is 0 Å². The Kier molecular flexibility index (Phi) is 8.10. The summed E-state index contributed by atoms with van der Waals surface area (Å²) < 4.78 is 24.9. The maximum Gasteiger partial charge on any atom is 0.295 e. The smallest absolute Gasteiger partial charge is 0.295 e. The Morgan fingerprint density at radius 3 is 2.32 bits per heavy atom. The summed E-state index contributed by atoms with van der Waals surface area (Å²) >= 11 is 0. The first-order chi connectivity index (χ1) is 16.1. The first kappa shape index (κ1) is 25.4. The Hall–Kier alpha value is -3.19. The van der Waals surface area contributed by atoms with E-state index in [1.54, 1.807) is 18.2 Å². The monoisotopic (exact) mass is 469 g/mol. The summed E-state index contributed by atoms with van der Waals surface area (Å²) in [6, 6.07) is 9.90. The Labute approximate surface area is 200 Å². The molecule has 0 radical (unpaired) electrons. The fourth-order valence-electron chi connectivity index (χ4n) is 3.99. The van der Waals surface area contributed by atoms with Gasteiger partial charge in [-0.25, -0.2) is 4.39 Å². The van der Waals surface area contributed by atoms with Crippen LogP contribution in [0.4, 0.5) is 4.39 Å². The fraction of sp³-hybridized carbons (Fsp3) is 0.407. The highest BCUT2D eigenvalue weighted by Crippen LogP contribution is 2.40. The van der Waals surface area contributed by atoms with E-state index in [4.69, 9.17) is 9.47 Å². The molecular weight excluding hydrogens is 437 g/mol. The van der Waals surface area contributed by atoms with Gasteiger partial charge in [-0.1, -0.05) is 12.1 Å². The lowest BCUT2D eigenvalue weighted by molar-refractivity contribution is -0.140. The molecule has 1 fully saturated rings. The van der Waals surface area contributed by atoms with Crippen LogP contribution in [-0.2, 0) is 14.3 Å². The molecule has 2 aromatic rings. The van der Waals surface area contributed by atoms with E-state index in [1.165, 1.54) is 29.2 Å². The number of likely N-dealkylation sites (tertiary alicyclic amines) is 1. The van der Waals surface area contributed by atoms with Crippen LogP contribution >= 0.6 is 0 Å². The van der Waals surface area contributed by atoms with Crippen LogP contribution in [0.15, 0.2) is 48.0 Å². The average Bonchev–Trinajstić information content (AvgIpc) is 3.02. The third kappa shape index (κ3) is 5.65. The Balaban J connectivity index is 2.03. The zero-order valence-electron chi connectivity index (χ0n) is 20.3. The van der Waals surface area contributed by atoms with E-state index in [9.17, 15) is 19.1 Å². The third-order valence-corrected chi connectivity index (χ3v) is 5.53. The van der Waals surface area contributed by atoms with Gasteiger partial charge in [0.1, 0.15) is 17.3 Å². The van der Waals surface area contributed by atoms with E-state index in [0.29, 0.717) is 29.9 Å². The van der Waals surface area contributed by atoms with Gasteiger partial charge in [0.05, 0.1) is 23.8 Å². The van der Waals surface area contributed by atoms with Crippen molar-refractivity contribution in [3.05, 3.63) is 70.5 Å². The minimum atomic E-state index is -0.827. The lowest BCUT2D eigenvalue weighted by atomic mass is 9.94. The molecule has 1 amide bonds. The third-order valence-electron chi connectivity index (χ3n) is 5.53. The van der Waals surface area contributed by atoms with E-state index in [1.807, 2.05) is 34.6 Å². The maximum atomic E-state index is 13.6. The number of halogens is 1. The Morgan fingerprint density at radius 1 is 1.06 bits per heavy atom. The summed E-state index contributed by atoms with van der Waals surface area (Å²) in [5.74, 6) is -1.49. The largest absolute Gasteiger partial charge is 0.507 e. The van der Waals surface area contributed by atoms with Crippen LogP contribution < -0.4 is 4.74 Å². The minimum absolute atomic E-state index is 0.0124. The van der Waals surface area contributed by atoms with E-state index in [-0.39, 0.29) is 30.1 Å². The topological polar surface area (TPSA) is 76.1 Å². The van der Waals surface area contributed by atoms with E-state index < -0.39 is 23.5 Å². The Morgan fingerprint density at radius 2 is 1.74 bits per heavy atom. The minimum Gasteiger partial charge on any atom is -0.507 e. The summed E-state index contributed by atoms with van der Waals surface area (Å²) in [6.07, 6.45) is 0.555. The summed E-state index contributed by atoms with van der Waals surface area (Å²) in [6.45, 7) is 10.2. The second-order valence-electron chi connectivity index (χ2n) is 8.96. The van der Waals surface area contributed by atoms with Crippen LogP contribution in [0.2, 0.25) is 0 Å². The standard InChI is InChI=1S/C27H32FNO5/c1-16(2)33-14-6-13-29-24(19-7-10-21(28)11-8-19)23(26(31)27(29)32)25(30)20-9-12-22(18(5)15-20)34-17(3)4/h7-12,15-17,24,30H,6,13-14H2,1-5H3/b25-23-. The summed E-state index contributed by atoms with van der Waals surface area (Å²) in [5.41, 5.74) is 1.72. The van der Waals surface area contributed by atoms with Crippen LogP contribution in [0.1, 0.15) is 56.8 Å². The van der Waals surface area contributed by atoms with Gasteiger partial charge < -0.3 is 19.5 Å². The van der Waals surface area contributed by atoms with Crippen molar-refractivity contribution in [3.8, 4) is 5.75 Å². The average molecular weight is 470 g/mol. The van der Waals surface area contributed by atoms with Crippen molar-refractivity contribution in [1.82, 2.24) is 4.90 Å². The number of hydrogen-bond donors (Lipinski definition) is 1. The number of carbonyl (C=O) groups is 2. The zero-order chi connectivity index (χ0) is 25.0. The predicted molar refractivity (Wildman–Crippen MR) is 128 cm³/mol. The van der Waals surface area contributed by atoms with Gasteiger partial charge in [0.15, 0.2) is 0 Å². The van der Waals surface area contributed by atoms with Gasteiger partial charge >= 0.3 is 0 Å². The molecule has 0 saturated carbocycles. The number of Topliss-reactive ketones (excluding diaryl/α,β-unsaturated/α-hetero) is 1. The number of ether oxygens (including phenoxy) is 2. The number of carbonyl (C=O) groups excluding carboxylic acids is 2. The van der Waals surface area contributed by atoms with E-state index in [0.717, 1.165) is 5.56 Å². The molecule has 0 spiro atoms. The lowest BCUT2D eigenvalue weighted by Gasteiger charge is -2.25. The van der Waals surface area contributed by atoms with Crippen molar-refractivity contribution in [2.45, 2.75) is 59.3 Å². The van der Waals surface area contributed by atoms with Crippen molar-refractivity contribution in [3.63, 3.8) is 0 Å². The number of nitrogens with zero attached hydrogens (tertiary/aromatic N) is 1.